The Morgan fingerprint density at radius 2 is 0.913 bits per heavy atom. The number of hydrogen-bond donors (Lipinski definition) is 1. The predicted molar refractivity (Wildman–Crippen MR) is 379 cm³/mol. The van der Waals surface area contributed by atoms with Crippen LogP contribution in [-0.2, 0) is 100 Å². The summed E-state index contributed by atoms with van der Waals surface area (Å²) in [6.45, 7) is 31.5. The number of esters is 9. The average molecular weight is 1470 g/mol. The van der Waals surface area contributed by atoms with Crippen molar-refractivity contribution in [2.45, 2.75) is 324 Å². The molecular weight excluding hydrogens is 1340 g/mol. The van der Waals surface area contributed by atoms with Gasteiger partial charge in [-0.15, -0.1) is 0 Å². The van der Waals surface area contributed by atoms with Crippen molar-refractivity contribution in [1.29, 1.82) is 0 Å². The Kier molecular flexibility index (Phi) is 25.0. The van der Waals surface area contributed by atoms with E-state index in [2.05, 4.69) is 20.8 Å². The smallest absolute Gasteiger partial charge is 0.347 e. The number of cyclic esters (lactones) is 1. The quantitative estimate of drug-likeness (QED) is 0.0598. The third kappa shape index (κ3) is 18.1. The SMILES string of the molecule is CCC(C)(C)C(=O)OC1(CC)C2CC3CC(C2)CC1C3.CCC(C)(C)C(=O)OC12CC3CC(CC(O)(C3)C1)C2.CCC(C)(C)C(=O)OC1CCOC1=O.CCC(C)(C)C(=O)OCC(=O)OC1C2CC3C1OS(=O)(=O)C3C2.CCC(C)(C)C(=O)OCC(=O)OCC(=O)OC1(C)C2CC3CC(C2)CC1C3. The van der Waals surface area contributed by atoms with E-state index < -0.39 is 122 Å². The minimum Gasteiger partial charge on any atom is -0.463 e. The van der Waals surface area contributed by atoms with E-state index in [1.165, 1.54) is 44.9 Å². The lowest BCUT2D eigenvalue weighted by molar-refractivity contribution is -0.225. The normalized spacial score (nSPS) is 36.7. The zero-order chi connectivity index (χ0) is 76.0. The molecule has 0 amide bonds. The molecule has 103 heavy (non-hydrogen) atoms. The van der Waals surface area contributed by atoms with Crippen LogP contribution >= 0.6 is 0 Å². The van der Waals surface area contributed by atoms with Crippen molar-refractivity contribution >= 4 is 63.8 Å². The monoisotopic (exact) mass is 1470 g/mol. The zero-order valence-corrected chi connectivity index (χ0v) is 66.0. The van der Waals surface area contributed by atoms with Gasteiger partial charge in [0.15, 0.2) is 19.8 Å². The maximum absolute atomic E-state index is 12.6. The predicted octanol–water partition coefficient (Wildman–Crippen LogP) is 13.2. The van der Waals surface area contributed by atoms with Crippen LogP contribution in [0.3, 0.4) is 0 Å². The number of hydrogen-bond acceptors (Lipinski definition) is 22. The summed E-state index contributed by atoms with van der Waals surface area (Å²) in [6.07, 6.45) is 22.6. The Labute approximate surface area is 613 Å². The van der Waals surface area contributed by atoms with Gasteiger partial charge in [-0.1, -0.05) is 41.5 Å². The minimum absolute atomic E-state index is 0.0130. The molecule has 0 radical (unpaired) electrons. The van der Waals surface area contributed by atoms with E-state index >= 15 is 0 Å². The van der Waals surface area contributed by atoms with Crippen molar-refractivity contribution in [3.8, 4) is 0 Å². The molecule has 16 fully saturated rings. The number of ether oxygens (including phenoxy) is 9. The molecule has 14 aliphatic carbocycles. The maximum Gasteiger partial charge on any atom is 0.347 e. The number of carbonyl (C=O) groups is 9. The first-order valence-corrected chi connectivity index (χ1v) is 40.8. The first-order chi connectivity index (χ1) is 47.9. The fraction of sp³-hybridized carbons (Fsp3) is 0.887. The summed E-state index contributed by atoms with van der Waals surface area (Å²) in [7, 11) is -3.53. The van der Waals surface area contributed by atoms with Gasteiger partial charge in [0, 0.05) is 24.7 Å². The maximum atomic E-state index is 12.6. The van der Waals surface area contributed by atoms with Gasteiger partial charge < -0.3 is 47.7 Å². The highest BCUT2D eigenvalue weighted by Crippen LogP contribution is 2.63. The molecule has 8 atom stereocenters. The highest BCUT2D eigenvalue weighted by atomic mass is 32.2. The van der Waals surface area contributed by atoms with Crippen molar-refractivity contribution in [2.75, 3.05) is 26.4 Å². The summed E-state index contributed by atoms with van der Waals surface area (Å²) < 4.78 is 76.9. The number of carbonyl (C=O) groups excluding carboxylic acids is 9. The van der Waals surface area contributed by atoms with Crippen LogP contribution in [-0.4, -0.2) is 140 Å². The number of aliphatic hydroxyl groups is 1. The molecule has 8 unspecified atom stereocenters. The molecule has 14 bridgehead atoms. The summed E-state index contributed by atoms with van der Waals surface area (Å²) in [6, 6.07) is 0. The Hall–Kier alpha value is -4.90. The molecular formula is C80H126O22S. The molecule has 0 aromatic rings. The Balaban J connectivity index is 0.000000152. The molecule has 0 aromatic carbocycles. The molecule has 16 rings (SSSR count). The van der Waals surface area contributed by atoms with E-state index in [0.29, 0.717) is 87.1 Å². The van der Waals surface area contributed by atoms with Gasteiger partial charge >= 0.3 is 53.7 Å². The van der Waals surface area contributed by atoms with E-state index in [-0.39, 0.29) is 46.4 Å². The molecule has 1 N–H and O–H groups in total. The standard InChI is InChI=1S/C21H32O6.C18H30O2.C16H26O3.C15H22O7S.C10H16O4/c1-5-20(2,3)19(24)26-11-17(22)25-12-18(23)27-21(4)15-7-13-6-14(9-15)10-16(21)8-13;1-5-17(3,4)16(19)20-18(6-2)14-8-12-7-13(10-14)11-15(18)9-12;1-4-14(2,3)13(17)19-16-8-11-5-12(9-16)7-15(18,6-11)10-16;1-4-15(2,3)14(17)20-7-11(16)21-12-8-5-9-10(6-8)23(18,19)22-13(9)12;1-4-10(2,3)9(12)14-7-5-6-13-8(7)11/h13-16H,5-12H2,1-4H3;12-15H,5-11H2,1-4H3;11-12,18H,4-10H2,1-3H3;8-10,12-13H,4-7H2,1-3H3;7H,4-6H2,1-3H3. The lowest BCUT2D eigenvalue weighted by atomic mass is 9.49. The van der Waals surface area contributed by atoms with Crippen molar-refractivity contribution < 1.29 is 103 Å². The number of rotatable bonds is 22. The lowest BCUT2D eigenvalue weighted by Gasteiger charge is -2.60. The number of fused-ring (bicyclic) bond motifs is 1. The van der Waals surface area contributed by atoms with Crippen LogP contribution in [0.2, 0.25) is 0 Å². The Bertz CT molecular complexity index is 3160. The van der Waals surface area contributed by atoms with E-state index in [0.717, 1.165) is 94.3 Å². The molecule has 14 saturated carbocycles. The molecule has 2 saturated heterocycles. The topological polar surface area (TPSA) is 300 Å². The van der Waals surface area contributed by atoms with Crippen LogP contribution in [0.25, 0.3) is 0 Å². The molecule has 16 aliphatic rings. The largest absolute Gasteiger partial charge is 0.463 e. The van der Waals surface area contributed by atoms with Crippen LogP contribution in [0.15, 0.2) is 0 Å². The fourth-order valence-corrected chi connectivity index (χ4v) is 21.8. The van der Waals surface area contributed by atoms with Crippen molar-refractivity contribution in [2.24, 2.45) is 98.1 Å². The van der Waals surface area contributed by atoms with E-state index in [9.17, 15) is 56.7 Å². The molecule has 584 valence electrons. The molecule has 2 heterocycles. The Morgan fingerprint density at radius 1 is 0.485 bits per heavy atom. The Morgan fingerprint density at radius 3 is 1.36 bits per heavy atom. The fourth-order valence-electron chi connectivity index (χ4n) is 19.9. The van der Waals surface area contributed by atoms with Crippen molar-refractivity contribution in [1.82, 2.24) is 0 Å². The second-order valence-electron chi connectivity index (χ2n) is 37.0. The van der Waals surface area contributed by atoms with Gasteiger partial charge in [0.05, 0.1) is 44.5 Å². The van der Waals surface area contributed by atoms with Crippen LogP contribution < -0.4 is 0 Å². The summed E-state index contributed by atoms with van der Waals surface area (Å²) in [5.41, 5.74) is -4.05. The van der Waals surface area contributed by atoms with Crippen LogP contribution in [0.1, 0.15) is 278 Å². The second kappa shape index (κ2) is 31.4. The van der Waals surface area contributed by atoms with Gasteiger partial charge in [-0.05, 0) is 283 Å². The summed E-state index contributed by atoms with van der Waals surface area (Å²) in [5, 5.41) is 10.2. The molecule has 0 spiro atoms. The third-order valence-corrected chi connectivity index (χ3v) is 29.5. The van der Waals surface area contributed by atoms with Gasteiger partial charge in [0.1, 0.15) is 29.0 Å². The van der Waals surface area contributed by atoms with E-state index in [1.54, 1.807) is 41.5 Å². The van der Waals surface area contributed by atoms with Gasteiger partial charge in [-0.3, -0.25) is 28.2 Å². The third-order valence-electron chi connectivity index (χ3n) is 27.7. The van der Waals surface area contributed by atoms with E-state index in [4.69, 9.17) is 46.8 Å². The van der Waals surface area contributed by atoms with Gasteiger partial charge in [0.25, 0.3) is 10.1 Å². The van der Waals surface area contributed by atoms with E-state index in [1.807, 2.05) is 55.4 Å². The summed E-state index contributed by atoms with van der Waals surface area (Å²) in [4.78, 5) is 107. The highest BCUT2D eigenvalue weighted by molar-refractivity contribution is 7.87. The molecule has 0 aromatic heterocycles. The first kappa shape index (κ1) is 82.2. The second-order valence-corrected chi connectivity index (χ2v) is 38.8. The van der Waals surface area contributed by atoms with Crippen molar-refractivity contribution in [3.63, 3.8) is 0 Å². The van der Waals surface area contributed by atoms with Crippen LogP contribution in [0.5, 0.6) is 0 Å². The van der Waals surface area contributed by atoms with Gasteiger partial charge in [-0.25, -0.2) is 19.2 Å². The average Bonchev–Trinajstić information content (AvgIpc) is 1.66. The first-order valence-electron chi connectivity index (χ1n) is 39.3. The van der Waals surface area contributed by atoms with Crippen molar-refractivity contribution in [3.05, 3.63) is 0 Å². The summed E-state index contributed by atoms with van der Waals surface area (Å²) >= 11 is 0. The van der Waals surface area contributed by atoms with Crippen LogP contribution in [0.4, 0.5) is 0 Å². The minimum atomic E-state index is -3.53. The molecule has 2 aliphatic heterocycles. The van der Waals surface area contributed by atoms with Gasteiger partial charge in [0.2, 0.25) is 6.10 Å². The lowest BCUT2D eigenvalue weighted by Crippen LogP contribution is -2.61. The summed E-state index contributed by atoms with van der Waals surface area (Å²) in [5.74, 6) is 2.99. The highest BCUT2D eigenvalue weighted by Gasteiger charge is 2.66. The van der Waals surface area contributed by atoms with Crippen LogP contribution in [0, 0.1) is 98.1 Å². The molecule has 22 nitrogen and oxygen atoms in total. The van der Waals surface area contributed by atoms with Gasteiger partial charge in [-0.2, -0.15) is 8.42 Å². The zero-order valence-electron chi connectivity index (χ0n) is 65.2. The molecule has 23 heteroatoms.